The average Bonchev–Trinajstić information content (AvgIpc) is 2.94. The van der Waals surface area contributed by atoms with Gasteiger partial charge in [0.05, 0.1) is 0 Å². The molecule has 5 nitrogen and oxygen atoms in total. The first-order chi connectivity index (χ1) is 9.19. The Bertz CT molecular complexity index is 298. The van der Waals surface area contributed by atoms with E-state index in [0.717, 1.165) is 57.8 Å². The highest BCUT2D eigenvalue weighted by Crippen LogP contribution is 2.07. The van der Waals surface area contributed by atoms with Gasteiger partial charge < -0.3 is 15.1 Å². The lowest BCUT2D eigenvalue weighted by Gasteiger charge is -2.22. The highest BCUT2D eigenvalue weighted by atomic mass is 16.2. The molecule has 0 spiro atoms. The van der Waals surface area contributed by atoms with Crippen LogP contribution in [0.1, 0.15) is 39.5 Å². The average molecular weight is 268 g/mol. The number of hydrogen-bond donors (Lipinski definition) is 1. The van der Waals surface area contributed by atoms with Crippen molar-refractivity contribution in [3.05, 3.63) is 0 Å². The van der Waals surface area contributed by atoms with Crippen molar-refractivity contribution in [1.82, 2.24) is 15.1 Å². The van der Waals surface area contributed by atoms with Gasteiger partial charge in [0.25, 0.3) is 0 Å². The first kappa shape index (κ1) is 15.8. The largest absolute Gasteiger partial charge is 0.357 e. The van der Waals surface area contributed by atoms with Gasteiger partial charge in [-0.15, -0.1) is 0 Å². The number of unbranched alkanes of at least 4 members (excludes halogenated alkanes) is 1. The third-order valence-corrected chi connectivity index (χ3v) is 3.37. The molecule has 1 rings (SSSR count). The number of hydrogen-bond acceptors (Lipinski definition) is 2. The van der Waals surface area contributed by atoms with Gasteiger partial charge in [0.2, 0.25) is 5.91 Å². The smallest absolute Gasteiger partial charge is 0.244 e. The number of amides is 1. The number of nitrogens with one attached hydrogen (secondary N) is 1. The summed E-state index contributed by atoms with van der Waals surface area (Å²) in [6, 6.07) is 0. The summed E-state index contributed by atoms with van der Waals surface area (Å²) in [6.07, 6.45) is 4.56. The van der Waals surface area contributed by atoms with Crippen LogP contribution < -0.4 is 5.32 Å². The zero-order chi connectivity index (χ0) is 14.1. The minimum atomic E-state index is 0.150. The molecule has 0 saturated carbocycles. The quantitative estimate of drug-likeness (QED) is 0.583. The maximum absolute atomic E-state index is 12.0. The Kier molecular flexibility index (Phi) is 7.30. The van der Waals surface area contributed by atoms with Crippen LogP contribution in [-0.2, 0) is 4.79 Å². The summed E-state index contributed by atoms with van der Waals surface area (Å²) in [5, 5.41) is 3.24. The Balaban J connectivity index is 2.48. The van der Waals surface area contributed by atoms with E-state index in [1.165, 1.54) is 0 Å². The summed E-state index contributed by atoms with van der Waals surface area (Å²) in [4.78, 5) is 20.4. The zero-order valence-electron chi connectivity index (χ0n) is 12.6. The van der Waals surface area contributed by atoms with E-state index in [-0.39, 0.29) is 12.5 Å². The van der Waals surface area contributed by atoms with Crippen molar-refractivity contribution in [2.45, 2.75) is 39.5 Å². The third-order valence-electron chi connectivity index (χ3n) is 3.37. The lowest BCUT2D eigenvalue weighted by Crippen LogP contribution is -2.40. The van der Waals surface area contributed by atoms with Gasteiger partial charge in [-0.05, 0) is 26.2 Å². The summed E-state index contributed by atoms with van der Waals surface area (Å²) in [5.41, 5.74) is 0. The highest BCUT2D eigenvalue weighted by Gasteiger charge is 2.17. The number of rotatable bonds is 6. The van der Waals surface area contributed by atoms with Crippen molar-refractivity contribution >= 4 is 11.9 Å². The van der Waals surface area contributed by atoms with E-state index in [2.05, 4.69) is 22.1 Å². The molecule has 1 fully saturated rings. The van der Waals surface area contributed by atoms with Crippen LogP contribution >= 0.6 is 0 Å². The van der Waals surface area contributed by atoms with Gasteiger partial charge >= 0.3 is 0 Å². The molecule has 0 aromatic carbocycles. The predicted octanol–water partition coefficient (Wildman–Crippen LogP) is 1.31. The summed E-state index contributed by atoms with van der Waals surface area (Å²) < 4.78 is 0. The molecule has 110 valence electrons. The van der Waals surface area contributed by atoms with Crippen molar-refractivity contribution in [3.8, 4) is 0 Å². The molecule has 0 unspecified atom stereocenters. The van der Waals surface area contributed by atoms with E-state index in [1.54, 1.807) is 0 Å². The van der Waals surface area contributed by atoms with Gasteiger partial charge in [-0.25, -0.2) is 4.99 Å². The maximum atomic E-state index is 12.0. The number of carbonyl (C=O) groups is 1. The molecular formula is C14H28N4O. The maximum Gasteiger partial charge on any atom is 0.244 e. The first-order valence-electron chi connectivity index (χ1n) is 7.46. The normalized spacial score (nSPS) is 15.7. The second kappa shape index (κ2) is 8.77. The summed E-state index contributed by atoms with van der Waals surface area (Å²) in [5.74, 6) is 0.986. The van der Waals surface area contributed by atoms with E-state index in [0.29, 0.717) is 0 Å². The van der Waals surface area contributed by atoms with Gasteiger partial charge in [-0.3, -0.25) is 4.79 Å². The van der Waals surface area contributed by atoms with Crippen LogP contribution in [-0.4, -0.2) is 61.4 Å². The van der Waals surface area contributed by atoms with Crippen LogP contribution in [0.15, 0.2) is 4.99 Å². The standard InChI is InChI=1S/C14H28N4O/c1-4-6-9-17(3)14(15-5-2)16-12-13(19)18-10-7-8-11-18/h4-12H2,1-3H3,(H,15,16). The van der Waals surface area contributed by atoms with Crippen LogP contribution in [0.4, 0.5) is 0 Å². The van der Waals surface area contributed by atoms with E-state index in [1.807, 2.05) is 18.9 Å². The monoisotopic (exact) mass is 268 g/mol. The van der Waals surface area contributed by atoms with Crippen molar-refractivity contribution in [2.24, 2.45) is 4.99 Å². The van der Waals surface area contributed by atoms with E-state index in [4.69, 9.17) is 0 Å². The second-order valence-electron chi connectivity index (χ2n) is 5.03. The Morgan fingerprint density at radius 2 is 2.00 bits per heavy atom. The lowest BCUT2D eigenvalue weighted by atomic mass is 10.3. The Hall–Kier alpha value is -1.26. The Labute approximate surface area is 117 Å². The van der Waals surface area contributed by atoms with Crippen LogP contribution in [0.25, 0.3) is 0 Å². The molecule has 1 aliphatic rings. The molecule has 1 amide bonds. The lowest BCUT2D eigenvalue weighted by molar-refractivity contribution is -0.128. The van der Waals surface area contributed by atoms with Crippen molar-refractivity contribution in [2.75, 3.05) is 39.8 Å². The molecule has 1 aliphatic heterocycles. The summed E-state index contributed by atoms with van der Waals surface area (Å²) >= 11 is 0. The fraction of sp³-hybridized carbons (Fsp3) is 0.857. The number of nitrogens with zero attached hydrogens (tertiary/aromatic N) is 3. The Morgan fingerprint density at radius 1 is 1.32 bits per heavy atom. The molecule has 5 heteroatoms. The van der Waals surface area contributed by atoms with E-state index >= 15 is 0 Å². The Morgan fingerprint density at radius 3 is 2.58 bits per heavy atom. The zero-order valence-corrected chi connectivity index (χ0v) is 12.6. The highest BCUT2D eigenvalue weighted by molar-refractivity contribution is 5.85. The van der Waals surface area contributed by atoms with E-state index < -0.39 is 0 Å². The summed E-state index contributed by atoms with van der Waals surface area (Å²) in [6.45, 7) is 8.08. The number of likely N-dealkylation sites (tertiary alicyclic amines) is 1. The van der Waals surface area contributed by atoms with Gasteiger partial charge in [0.15, 0.2) is 5.96 Å². The van der Waals surface area contributed by atoms with Crippen molar-refractivity contribution < 1.29 is 4.79 Å². The fourth-order valence-electron chi connectivity index (χ4n) is 2.18. The fourth-order valence-corrected chi connectivity index (χ4v) is 2.18. The molecular weight excluding hydrogens is 240 g/mol. The van der Waals surface area contributed by atoms with Gasteiger partial charge in [-0.1, -0.05) is 13.3 Å². The van der Waals surface area contributed by atoms with Crippen molar-refractivity contribution in [3.63, 3.8) is 0 Å². The van der Waals surface area contributed by atoms with Crippen LogP contribution in [0, 0.1) is 0 Å². The number of guanidine groups is 1. The molecule has 0 aromatic rings. The molecule has 1 saturated heterocycles. The molecule has 19 heavy (non-hydrogen) atoms. The number of carbonyl (C=O) groups excluding carboxylic acids is 1. The van der Waals surface area contributed by atoms with Crippen molar-refractivity contribution in [1.29, 1.82) is 0 Å². The van der Waals surface area contributed by atoms with Crippen LogP contribution in [0.2, 0.25) is 0 Å². The van der Waals surface area contributed by atoms with E-state index in [9.17, 15) is 4.79 Å². The van der Waals surface area contributed by atoms with Gasteiger partial charge in [0, 0.05) is 33.2 Å². The van der Waals surface area contributed by atoms with Gasteiger partial charge in [-0.2, -0.15) is 0 Å². The third kappa shape index (κ3) is 5.49. The summed E-state index contributed by atoms with van der Waals surface area (Å²) in [7, 11) is 2.03. The topological polar surface area (TPSA) is 47.9 Å². The minimum absolute atomic E-state index is 0.150. The molecule has 0 aromatic heterocycles. The second-order valence-corrected chi connectivity index (χ2v) is 5.03. The molecule has 1 N–H and O–H groups in total. The SMILES string of the molecule is CCCCN(C)C(=NCC(=O)N1CCCC1)NCC. The van der Waals surface area contributed by atoms with Crippen LogP contribution in [0.5, 0.6) is 0 Å². The van der Waals surface area contributed by atoms with Gasteiger partial charge in [0.1, 0.15) is 6.54 Å². The molecule has 0 aliphatic carbocycles. The number of aliphatic imine (C=N–C) groups is 1. The molecule has 0 radical (unpaired) electrons. The molecule has 1 heterocycles. The van der Waals surface area contributed by atoms with Crippen LogP contribution in [0.3, 0.4) is 0 Å². The molecule has 0 bridgehead atoms. The minimum Gasteiger partial charge on any atom is -0.357 e. The first-order valence-corrected chi connectivity index (χ1v) is 7.46. The molecule has 0 atom stereocenters. The predicted molar refractivity (Wildman–Crippen MR) is 79.3 cm³/mol.